The molecule has 0 bridgehead atoms. The molecule has 0 amide bonds. The summed E-state index contributed by atoms with van der Waals surface area (Å²) < 4.78 is 26.3. The molecule has 1 unspecified atom stereocenters. The van der Waals surface area contributed by atoms with Gasteiger partial charge in [0.25, 0.3) is 0 Å². The number of aliphatic hydroxyl groups excluding tert-OH is 1. The van der Waals surface area contributed by atoms with E-state index >= 15 is 0 Å². The summed E-state index contributed by atoms with van der Waals surface area (Å²) in [5.74, 6) is -1.44. The summed E-state index contributed by atoms with van der Waals surface area (Å²) in [6.45, 7) is 1.95. The predicted octanol–water partition coefficient (Wildman–Crippen LogP) is 4.07. The summed E-state index contributed by atoms with van der Waals surface area (Å²) in [5.41, 5.74) is 1.66. The number of anilines is 1. The molecule has 0 spiro atoms. The minimum atomic E-state index is -1.09. The number of aliphatic hydroxyl groups is 1. The molecule has 0 saturated carbocycles. The third-order valence-electron chi connectivity index (χ3n) is 3.02. The number of benzene rings is 2. The second-order valence-corrected chi connectivity index (χ2v) is 4.90. The molecular weight excluding hydrogens is 284 g/mol. The average Bonchev–Trinajstić information content (AvgIpc) is 2.37. The topological polar surface area (TPSA) is 32.3 Å². The van der Waals surface area contributed by atoms with Gasteiger partial charge in [-0.15, -0.1) is 0 Å². The van der Waals surface area contributed by atoms with Crippen LogP contribution in [0.3, 0.4) is 0 Å². The van der Waals surface area contributed by atoms with Gasteiger partial charge in [-0.1, -0.05) is 29.8 Å². The molecular formula is C15H14ClF2NO. The molecule has 0 radical (unpaired) electrons. The second-order valence-electron chi connectivity index (χ2n) is 4.49. The van der Waals surface area contributed by atoms with E-state index in [2.05, 4.69) is 5.32 Å². The molecule has 2 aromatic rings. The molecule has 0 aliphatic carbocycles. The fourth-order valence-electron chi connectivity index (χ4n) is 1.94. The quantitative estimate of drug-likeness (QED) is 0.891. The minimum absolute atomic E-state index is 0.0450. The molecule has 20 heavy (non-hydrogen) atoms. The Morgan fingerprint density at radius 3 is 2.65 bits per heavy atom. The lowest BCUT2D eigenvalue weighted by molar-refractivity contribution is 0.186. The van der Waals surface area contributed by atoms with Gasteiger partial charge >= 0.3 is 0 Å². The third-order valence-corrected chi connectivity index (χ3v) is 3.33. The summed E-state index contributed by atoms with van der Waals surface area (Å²) in [5, 5.41) is 13.5. The predicted molar refractivity (Wildman–Crippen MR) is 76.0 cm³/mol. The first-order valence-corrected chi connectivity index (χ1v) is 6.49. The van der Waals surface area contributed by atoms with E-state index in [-0.39, 0.29) is 12.1 Å². The zero-order valence-corrected chi connectivity index (χ0v) is 11.6. The Morgan fingerprint density at radius 2 is 2.00 bits per heavy atom. The molecule has 2 nitrogen and oxygen atoms in total. The lowest BCUT2D eigenvalue weighted by Gasteiger charge is -2.16. The van der Waals surface area contributed by atoms with Gasteiger partial charge in [-0.2, -0.15) is 0 Å². The third kappa shape index (κ3) is 3.26. The van der Waals surface area contributed by atoms with Gasteiger partial charge < -0.3 is 10.4 Å². The van der Waals surface area contributed by atoms with Gasteiger partial charge in [0.05, 0.1) is 16.8 Å². The van der Waals surface area contributed by atoms with Gasteiger partial charge in [-0.3, -0.25) is 0 Å². The van der Waals surface area contributed by atoms with Crippen LogP contribution in [0, 0.1) is 18.6 Å². The highest BCUT2D eigenvalue weighted by Crippen LogP contribution is 2.26. The number of rotatable bonds is 4. The van der Waals surface area contributed by atoms with Gasteiger partial charge in [0.15, 0.2) is 0 Å². The fourth-order valence-corrected chi connectivity index (χ4v) is 2.22. The minimum Gasteiger partial charge on any atom is -0.386 e. The Hall–Kier alpha value is -1.65. The van der Waals surface area contributed by atoms with Crippen LogP contribution in [0.5, 0.6) is 0 Å². The summed E-state index contributed by atoms with van der Waals surface area (Å²) in [4.78, 5) is 0. The fraction of sp³-hybridized carbons (Fsp3) is 0.200. The van der Waals surface area contributed by atoms with Crippen LogP contribution in [0.4, 0.5) is 14.5 Å². The molecule has 0 aliphatic heterocycles. The van der Waals surface area contributed by atoms with Crippen molar-refractivity contribution >= 4 is 17.3 Å². The van der Waals surface area contributed by atoms with Gasteiger partial charge in [-0.25, -0.2) is 8.78 Å². The maximum atomic E-state index is 13.5. The normalized spacial score (nSPS) is 12.2. The van der Waals surface area contributed by atoms with Gasteiger partial charge in [-0.05, 0) is 24.6 Å². The van der Waals surface area contributed by atoms with Crippen molar-refractivity contribution in [3.05, 3.63) is 64.2 Å². The van der Waals surface area contributed by atoms with E-state index < -0.39 is 17.7 Å². The van der Waals surface area contributed by atoms with E-state index in [0.29, 0.717) is 10.7 Å². The number of para-hydroxylation sites is 1. The van der Waals surface area contributed by atoms with Crippen molar-refractivity contribution in [2.24, 2.45) is 0 Å². The van der Waals surface area contributed by atoms with Crippen molar-refractivity contribution in [1.29, 1.82) is 0 Å². The molecule has 106 valence electrons. The Morgan fingerprint density at radius 1 is 1.25 bits per heavy atom. The molecule has 2 N–H and O–H groups in total. The maximum absolute atomic E-state index is 13.5. The Bertz CT molecular complexity index is 599. The van der Waals surface area contributed by atoms with E-state index in [1.807, 2.05) is 19.1 Å². The Labute approximate surface area is 121 Å². The van der Waals surface area contributed by atoms with E-state index in [0.717, 1.165) is 17.7 Å². The highest BCUT2D eigenvalue weighted by atomic mass is 35.5. The average molecular weight is 298 g/mol. The number of halogens is 3. The lowest BCUT2D eigenvalue weighted by Crippen LogP contribution is -2.14. The molecule has 0 aliphatic rings. The van der Waals surface area contributed by atoms with Crippen molar-refractivity contribution < 1.29 is 13.9 Å². The Balaban J connectivity index is 2.11. The molecule has 1 atom stereocenters. The molecule has 0 aromatic heterocycles. The summed E-state index contributed by atoms with van der Waals surface area (Å²) in [6, 6.07) is 8.51. The van der Waals surface area contributed by atoms with Crippen LogP contribution < -0.4 is 5.32 Å². The van der Waals surface area contributed by atoms with E-state index in [1.165, 1.54) is 6.07 Å². The van der Waals surface area contributed by atoms with Gasteiger partial charge in [0.2, 0.25) is 0 Å². The second kappa shape index (κ2) is 6.20. The SMILES string of the molecule is Cc1cccc(Cl)c1NCC(O)c1ccc(F)cc1F. The molecule has 5 heteroatoms. The van der Waals surface area contributed by atoms with Crippen LogP contribution in [0.1, 0.15) is 17.2 Å². The summed E-state index contributed by atoms with van der Waals surface area (Å²) in [6.07, 6.45) is -1.09. The number of nitrogens with one attached hydrogen (secondary N) is 1. The van der Waals surface area contributed by atoms with Crippen LogP contribution in [0.25, 0.3) is 0 Å². The van der Waals surface area contributed by atoms with Crippen LogP contribution in [-0.4, -0.2) is 11.7 Å². The lowest BCUT2D eigenvalue weighted by atomic mass is 10.1. The monoisotopic (exact) mass is 297 g/mol. The largest absolute Gasteiger partial charge is 0.386 e. The first-order valence-electron chi connectivity index (χ1n) is 6.11. The van der Waals surface area contributed by atoms with Crippen molar-refractivity contribution in [3.8, 4) is 0 Å². The van der Waals surface area contributed by atoms with E-state index in [4.69, 9.17) is 11.6 Å². The van der Waals surface area contributed by atoms with Crippen molar-refractivity contribution in [2.75, 3.05) is 11.9 Å². The smallest absolute Gasteiger partial charge is 0.131 e. The molecule has 0 saturated heterocycles. The van der Waals surface area contributed by atoms with Gasteiger partial charge in [0.1, 0.15) is 11.6 Å². The first kappa shape index (κ1) is 14.8. The maximum Gasteiger partial charge on any atom is 0.131 e. The summed E-state index contributed by atoms with van der Waals surface area (Å²) >= 11 is 6.04. The molecule has 2 rings (SSSR count). The zero-order valence-electron chi connectivity index (χ0n) is 10.8. The van der Waals surface area contributed by atoms with Crippen LogP contribution in [0.15, 0.2) is 36.4 Å². The number of aryl methyl sites for hydroxylation is 1. The molecule has 2 aromatic carbocycles. The summed E-state index contributed by atoms with van der Waals surface area (Å²) in [7, 11) is 0. The Kier molecular flexibility index (Phi) is 4.57. The van der Waals surface area contributed by atoms with E-state index in [9.17, 15) is 13.9 Å². The highest BCUT2D eigenvalue weighted by molar-refractivity contribution is 6.33. The van der Waals surface area contributed by atoms with Crippen molar-refractivity contribution in [3.63, 3.8) is 0 Å². The first-order chi connectivity index (χ1) is 9.49. The van der Waals surface area contributed by atoms with Crippen LogP contribution in [0.2, 0.25) is 5.02 Å². The van der Waals surface area contributed by atoms with Crippen LogP contribution >= 0.6 is 11.6 Å². The van der Waals surface area contributed by atoms with Gasteiger partial charge in [0, 0.05) is 18.2 Å². The van der Waals surface area contributed by atoms with E-state index in [1.54, 1.807) is 6.07 Å². The van der Waals surface area contributed by atoms with Crippen molar-refractivity contribution in [2.45, 2.75) is 13.0 Å². The highest BCUT2D eigenvalue weighted by Gasteiger charge is 2.14. The molecule has 0 heterocycles. The number of hydrogen-bond donors (Lipinski definition) is 2. The zero-order chi connectivity index (χ0) is 14.7. The molecule has 0 fully saturated rings. The van der Waals surface area contributed by atoms with Crippen molar-refractivity contribution in [1.82, 2.24) is 0 Å². The number of hydrogen-bond acceptors (Lipinski definition) is 2. The van der Waals surface area contributed by atoms with Crippen LogP contribution in [-0.2, 0) is 0 Å². The standard InChI is InChI=1S/C15H14ClF2NO/c1-9-3-2-4-12(16)15(9)19-8-14(20)11-6-5-10(17)7-13(11)18/h2-7,14,19-20H,8H2,1H3.